The van der Waals surface area contributed by atoms with Gasteiger partial charge in [0.2, 0.25) is 0 Å². The average molecular weight is 736 g/mol. The van der Waals surface area contributed by atoms with Crippen LogP contribution >= 0.6 is 0 Å². The quantitative estimate of drug-likeness (QED) is 0.154. The Labute approximate surface area is 337 Å². The summed E-state index contributed by atoms with van der Waals surface area (Å²) < 4.78 is 0. The highest BCUT2D eigenvalue weighted by molar-refractivity contribution is 6.09. The smallest absolute Gasteiger partial charge is 0.0629 e. The number of hydrogen-bond donors (Lipinski definition) is 0. The second kappa shape index (κ2) is 13.8. The van der Waals surface area contributed by atoms with E-state index in [1.54, 1.807) is 0 Å². The lowest BCUT2D eigenvalue weighted by Gasteiger charge is -2.42. The van der Waals surface area contributed by atoms with Gasteiger partial charge in [-0.25, -0.2) is 0 Å². The summed E-state index contributed by atoms with van der Waals surface area (Å²) in [5, 5.41) is 7.69. The maximum Gasteiger partial charge on any atom is 0.0629 e. The molecule has 2 unspecified atom stereocenters. The van der Waals surface area contributed by atoms with Crippen molar-refractivity contribution in [3.8, 4) is 22.3 Å². The largest absolute Gasteiger partial charge is 0.333 e. The van der Waals surface area contributed by atoms with Gasteiger partial charge in [-0.15, -0.1) is 0 Å². The van der Waals surface area contributed by atoms with Crippen LogP contribution in [0.25, 0.3) is 54.6 Å². The van der Waals surface area contributed by atoms with Crippen molar-refractivity contribution in [3.63, 3.8) is 0 Å². The van der Waals surface area contributed by atoms with Crippen LogP contribution in [0, 0.1) is 0 Å². The fourth-order valence-corrected chi connectivity index (χ4v) is 9.83. The Morgan fingerprint density at radius 1 is 0.456 bits per heavy atom. The molecule has 0 heterocycles. The molecule has 0 bridgehead atoms. The monoisotopic (exact) mass is 735 g/mol. The SMILES string of the molecule is CC1(C)CCC(C)(C)c2cc(-c3ccc(N(c4ccccc4-c4ccc5ccccc5c4)C4C=CC=CC4c4cc5ccccc5c5ccccc45)cc3)ccc21. The summed E-state index contributed by atoms with van der Waals surface area (Å²) in [4.78, 5) is 2.60. The van der Waals surface area contributed by atoms with Gasteiger partial charge in [0.25, 0.3) is 0 Å². The van der Waals surface area contributed by atoms with E-state index in [0.717, 1.165) is 0 Å². The fourth-order valence-electron chi connectivity index (χ4n) is 9.83. The van der Waals surface area contributed by atoms with Gasteiger partial charge < -0.3 is 4.90 Å². The molecule has 8 aromatic rings. The van der Waals surface area contributed by atoms with Crippen molar-refractivity contribution in [2.75, 3.05) is 4.90 Å². The van der Waals surface area contributed by atoms with Crippen LogP contribution in [0.5, 0.6) is 0 Å². The number of nitrogens with zero attached hydrogens (tertiary/aromatic N) is 1. The Morgan fingerprint density at radius 3 is 1.88 bits per heavy atom. The third-order valence-corrected chi connectivity index (χ3v) is 13.1. The van der Waals surface area contributed by atoms with Gasteiger partial charge in [-0.05, 0) is 120 Å². The Kier molecular flexibility index (Phi) is 8.52. The second-order valence-corrected chi connectivity index (χ2v) is 17.5. The minimum Gasteiger partial charge on any atom is -0.333 e. The fraction of sp³-hybridized carbons (Fsp3) is 0.179. The molecule has 0 spiro atoms. The van der Waals surface area contributed by atoms with Crippen LogP contribution in [0.3, 0.4) is 0 Å². The number of para-hydroxylation sites is 1. The Balaban J connectivity index is 1.14. The lowest BCUT2D eigenvalue weighted by atomic mass is 9.63. The van der Waals surface area contributed by atoms with E-state index in [4.69, 9.17) is 0 Å². The van der Waals surface area contributed by atoms with E-state index in [1.807, 2.05) is 0 Å². The van der Waals surface area contributed by atoms with Crippen LogP contribution < -0.4 is 4.90 Å². The van der Waals surface area contributed by atoms with Crippen molar-refractivity contribution in [2.45, 2.75) is 63.3 Å². The van der Waals surface area contributed by atoms with Crippen molar-refractivity contribution < 1.29 is 0 Å². The number of allylic oxidation sites excluding steroid dienone is 2. The van der Waals surface area contributed by atoms with E-state index in [0.29, 0.717) is 0 Å². The van der Waals surface area contributed by atoms with Gasteiger partial charge in [-0.2, -0.15) is 0 Å². The van der Waals surface area contributed by atoms with Gasteiger partial charge in [0.1, 0.15) is 0 Å². The summed E-state index contributed by atoms with van der Waals surface area (Å²) in [7, 11) is 0. The normalized spacial score (nSPS) is 18.2. The van der Waals surface area contributed by atoms with Gasteiger partial charge in [-0.1, -0.05) is 185 Å². The molecule has 0 saturated heterocycles. The molecule has 2 aliphatic rings. The van der Waals surface area contributed by atoms with Crippen molar-refractivity contribution >= 4 is 43.7 Å². The second-order valence-electron chi connectivity index (χ2n) is 17.5. The summed E-state index contributed by atoms with van der Waals surface area (Å²) in [6, 6.07) is 61.4. The maximum atomic E-state index is 2.60. The number of rotatable bonds is 6. The predicted molar refractivity (Wildman–Crippen MR) is 245 cm³/mol. The first-order chi connectivity index (χ1) is 27.7. The molecule has 0 N–H and O–H groups in total. The number of fused-ring (bicyclic) bond motifs is 5. The summed E-state index contributed by atoms with van der Waals surface area (Å²) >= 11 is 0. The first-order valence-corrected chi connectivity index (χ1v) is 20.6. The van der Waals surface area contributed by atoms with E-state index in [1.165, 1.54) is 95.5 Å². The first kappa shape index (κ1) is 35.2. The summed E-state index contributed by atoms with van der Waals surface area (Å²) in [5.74, 6) is 0.0973. The van der Waals surface area contributed by atoms with Crippen LogP contribution in [0.15, 0.2) is 188 Å². The van der Waals surface area contributed by atoms with Gasteiger partial charge in [0.05, 0.1) is 6.04 Å². The standard InChI is InChI=1S/C56H49N/c1-55(2)33-34-56(3,4)52-37-41(29-32-51(52)55)39-27-30-44(31-28-39)57(53-23-13-11-19-46(53)43-26-25-38-15-5-6-16-40(38)35-43)54-24-14-12-22-49(54)50-36-42-17-7-8-18-45(42)47-20-9-10-21-48(47)50/h5-32,35-37,49,54H,33-34H2,1-4H3. The summed E-state index contributed by atoms with van der Waals surface area (Å²) in [6.45, 7) is 9.64. The number of hydrogen-bond acceptors (Lipinski definition) is 1. The Hall–Kier alpha value is -6.18. The molecule has 0 saturated carbocycles. The lowest BCUT2D eigenvalue weighted by molar-refractivity contribution is 0.332. The van der Waals surface area contributed by atoms with Gasteiger partial charge >= 0.3 is 0 Å². The van der Waals surface area contributed by atoms with Crippen LogP contribution in [0.1, 0.15) is 63.1 Å². The molecule has 2 atom stereocenters. The van der Waals surface area contributed by atoms with E-state index >= 15 is 0 Å². The topological polar surface area (TPSA) is 3.24 Å². The zero-order valence-corrected chi connectivity index (χ0v) is 33.4. The molecular formula is C56H49N. The lowest BCUT2D eigenvalue weighted by Crippen LogP contribution is -2.35. The van der Waals surface area contributed by atoms with E-state index < -0.39 is 0 Å². The molecule has 0 fully saturated rings. The molecule has 2 aliphatic carbocycles. The average Bonchev–Trinajstić information content (AvgIpc) is 3.25. The molecule has 10 rings (SSSR count). The van der Waals surface area contributed by atoms with Gasteiger partial charge in [-0.3, -0.25) is 0 Å². The van der Waals surface area contributed by atoms with E-state index in [9.17, 15) is 0 Å². The predicted octanol–water partition coefficient (Wildman–Crippen LogP) is 15.2. The molecule has 0 radical (unpaired) electrons. The number of benzene rings is 8. The zero-order valence-electron chi connectivity index (χ0n) is 33.4. The highest BCUT2D eigenvalue weighted by atomic mass is 15.2. The molecule has 1 nitrogen and oxygen atoms in total. The molecule has 1 heteroatoms. The number of anilines is 2. The summed E-state index contributed by atoms with van der Waals surface area (Å²) in [5.41, 5.74) is 12.0. The van der Waals surface area contributed by atoms with Crippen molar-refractivity contribution in [1.82, 2.24) is 0 Å². The van der Waals surface area contributed by atoms with Crippen molar-refractivity contribution in [1.29, 1.82) is 0 Å². The minimum absolute atomic E-state index is 0.0128. The Morgan fingerprint density at radius 2 is 1.07 bits per heavy atom. The first-order valence-electron chi connectivity index (χ1n) is 20.6. The van der Waals surface area contributed by atoms with Gasteiger partial charge in [0, 0.05) is 22.9 Å². The highest BCUT2D eigenvalue weighted by Crippen LogP contribution is 2.48. The molecule has 278 valence electrons. The molecule has 8 aromatic carbocycles. The molecule has 57 heavy (non-hydrogen) atoms. The van der Waals surface area contributed by atoms with Crippen LogP contribution in [-0.2, 0) is 10.8 Å². The van der Waals surface area contributed by atoms with Crippen molar-refractivity contribution in [2.24, 2.45) is 0 Å². The highest BCUT2D eigenvalue weighted by Gasteiger charge is 2.37. The van der Waals surface area contributed by atoms with Crippen LogP contribution in [0.2, 0.25) is 0 Å². The zero-order chi connectivity index (χ0) is 38.7. The summed E-state index contributed by atoms with van der Waals surface area (Å²) in [6.07, 6.45) is 11.7. The molecular weight excluding hydrogens is 687 g/mol. The maximum absolute atomic E-state index is 2.60. The van der Waals surface area contributed by atoms with Crippen molar-refractivity contribution in [3.05, 3.63) is 205 Å². The third-order valence-electron chi connectivity index (χ3n) is 13.1. The molecule has 0 amide bonds. The van der Waals surface area contributed by atoms with Crippen LogP contribution in [-0.4, -0.2) is 6.04 Å². The van der Waals surface area contributed by atoms with E-state index in [-0.39, 0.29) is 22.8 Å². The minimum atomic E-state index is 0.0128. The molecule has 0 aromatic heterocycles. The molecule has 0 aliphatic heterocycles. The van der Waals surface area contributed by atoms with E-state index in [2.05, 4.69) is 221 Å². The third kappa shape index (κ3) is 6.18. The van der Waals surface area contributed by atoms with Crippen LogP contribution in [0.4, 0.5) is 11.4 Å². The van der Waals surface area contributed by atoms with Gasteiger partial charge in [0.15, 0.2) is 0 Å². The Bertz CT molecular complexity index is 2870.